The van der Waals surface area contributed by atoms with Gasteiger partial charge in [0, 0.05) is 35.4 Å². The smallest absolute Gasteiger partial charge is 0.252 e. The van der Waals surface area contributed by atoms with E-state index in [4.69, 9.17) is 0 Å². The molecule has 1 aliphatic heterocycles. The summed E-state index contributed by atoms with van der Waals surface area (Å²) in [6.45, 7) is 7.37. The van der Waals surface area contributed by atoms with Crippen LogP contribution in [0, 0.1) is 20.8 Å². The number of aryl methyl sites for hydroxylation is 3. The Morgan fingerprint density at radius 1 is 1.00 bits per heavy atom. The van der Waals surface area contributed by atoms with Crippen LogP contribution in [0.15, 0.2) is 28.5 Å². The highest BCUT2D eigenvalue weighted by Crippen LogP contribution is 2.31. The van der Waals surface area contributed by atoms with Crippen molar-refractivity contribution < 1.29 is 8.42 Å². The number of sulfonamides is 1. The van der Waals surface area contributed by atoms with E-state index in [1.807, 2.05) is 13.0 Å². The van der Waals surface area contributed by atoms with E-state index in [-0.39, 0.29) is 0 Å². The van der Waals surface area contributed by atoms with Crippen LogP contribution in [0.5, 0.6) is 0 Å². The molecule has 1 saturated heterocycles. The molecule has 0 unspecified atom stereocenters. The van der Waals surface area contributed by atoms with Gasteiger partial charge in [0.15, 0.2) is 0 Å². The summed E-state index contributed by atoms with van der Waals surface area (Å²) in [6, 6.07) is 8.27. The molecule has 1 aliphatic rings. The molecule has 0 spiro atoms. The third-order valence-electron chi connectivity index (χ3n) is 4.42. The molecule has 0 radical (unpaired) electrons. The second kappa shape index (κ2) is 5.83. The van der Waals surface area contributed by atoms with Crippen molar-refractivity contribution in [2.45, 2.75) is 43.9 Å². The molecule has 0 saturated carbocycles. The molecular weight excluding hydrogens is 316 g/mol. The van der Waals surface area contributed by atoms with Gasteiger partial charge in [-0.15, -0.1) is 11.3 Å². The van der Waals surface area contributed by atoms with Gasteiger partial charge in [-0.3, -0.25) is 0 Å². The lowest BCUT2D eigenvalue weighted by atomic mass is 10.1. The molecule has 3 heterocycles. The maximum Gasteiger partial charge on any atom is 0.252 e. The minimum Gasteiger partial charge on any atom is -0.346 e. The normalized spacial score (nSPS) is 18.0. The van der Waals surface area contributed by atoms with Crippen LogP contribution >= 0.6 is 11.3 Å². The van der Waals surface area contributed by atoms with E-state index < -0.39 is 10.0 Å². The third kappa shape index (κ3) is 2.75. The summed E-state index contributed by atoms with van der Waals surface area (Å²) in [5.74, 6) is 0. The Kier molecular flexibility index (Phi) is 4.18. The maximum absolute atomic E-state index is 12.7. The lowest BCUT2D eigenvalue weighted by molar-refractivity contribution is 0.270. The summed E-state index contributed by atoms with van der Waals surface area (Å²) in [7, 11) is -3.31. The summed E-state index contributed by atoms with van der Waals surface area (Å²) in [5, 5.41) is 0. The predicted molar refractivity (Wildman–Crippen MR) is 90.0 cm³/mol. The molecule has 22 heavy (non-hydrogen) atoms. The minimum atomic E-state index is -3.31. The van der Waals surface area contributed by atoms with Crippen LogP contribution in [0.2, 0.25) is 0 Å². The molecule has 0 amide bonds. The van der Waals surface area contributed by atoms with Crippen LogP contribution in [0.4, 0.5) is 0 Å². The van der Waals surface area contributed by atoms with E-state index >= 15 is 0 Å². The average Bonchev–Trinajstić information content (AvgIpc) is 3.06. The molecule has 4 nitrogen and oxygen atoms in total. The van der Waals surface area contributed by atoms with Crippen molar-refractivity contribution in [3.05, 3.63) is 40.5 Å². The summed E-state index contributed by atoms with van der Waals surface area (Å²) in [6.07, 6.45) is 1.75. The Morgan fingerprint density at radius 3 is 2.09 bits per heavy atom. The van der Waals surface area contributed by atoms with Crippen molar-refractivity contribution in [2.24, 2.45) is 0 Å². The molecule has 0 aliphatic carbocycles. The highest BCUT2D eigenvalue weighted by molar-refractivity contribution is 7.91. The van der Waals surface area contributed by atoms with Crippen molar-refractivity contribution >= 4 is 21.4 Å². The predicted octanol–water partition coefficient (Wildman–Crippen LogP) is 3.50. The number of hydrogen-bond acceptors (Lipinski definition) is 3. The second-order valence-corrected chi connectivity index (χ2v) is 9.44. The SMILES string of the molecule is Cc1ccc(S(=O)(=O)N2CCC(n3c(C)ccc3C)CC2)s1. The highest BCUT2D eigenvalue weighted by Gasteiger charge is 2.31. The fourth-order valence-electron chi connectivity index (χ4n) is 3.27. The molecule has 0 N–H and O–H groups in total. The molecule has 2 aromatic heterocycles. The summed E-state index contributed by atoms with van der Waals surface area (Å²) in [5.41, 5.74) is 2.51. The topological polar surface area (TPSA) is 42.3 Å². The standard InChI is InChI=1S/C16H22N2O2S2/c1-12-4-5-13(2)18(12)15-8-10-17(11-9-15)22(19,20)16-7-6-14(3)21-16/h4-7,15H,8-11H2,1-3H3. The fourth-order valence-corrected chi connectivity index (χ4v) is 6.18. The largest absolute Gasteiger partial charge is 0.346 e. The Labute approximate surface area is 136 Å². The quantitative estimate of drug-likeness (QED) is 0.859. The van der Waals surface area contributed by atoms with Crippen LogP contribution in [-0.2, 0) is 10.0 Å². The minimum absolute atomic E-state index is 0.409. The number of hydrogen-bond donors (Lipinski definition) is 0. The van der Waals surface area contributed by atoms with Crippen LogP contribution in [0.1, 0.15) is 35.1 Å². The van der Waals surface area contributed by atoms with E-state index in [1.54, 1.807) is 10.4 Å². The lowest BCUT2D eigenvalue weighted by Crippen LogP contribution is -2.39. The summed E-state index contributed by atoms with van der Waals surface area (Å²) in [4.78, 5) is 1.03. The zero-order valence-electron chi connectivity index (χ0n) is 13.2. The Hall–Kier alpha value is -1.11. The monoisotopic (exact) mass is 338 g/mol. The van der Waals surface area contributed by atoms with Crippen molar-refractivity contribution in [3.63, 3.8) is 0 Å². The molecule has 3 rings (SSSR count). The first kappa shape index (κ1) is 15.8. The van der Waals surface area contributed by atoms with Gasteiger partial charge in [-0.2, -0.15) is 4.31 Å². The van der Waals surface area contributed by atoms with Crippen LogP contribution in [0.3, 0.4) is 0 Å². The number of rotatable bonds is 3. The van der Waals surface area contributed by atoms with Crippen molar-refractivity contribution in [1.82, 2.24) is 8.87 Å². The second-order valence-electron chi connectivity index (χ2n) is 5.99. The van der Waals surface area contributed by atoms with Crippen molar-refractivity contribution in [2.75, 3.05) is 13.1 Å². The van der Waals surface area contributed by atoms with Gasteiger partial charge >= 0.3 is 0 Å². The first-order valence-corrected chi connectivity index (χ1v) is 9.86. The van der Waals surface area contributed by atoms with Crippen molar-refractivity contribution in [3.8, 4) is 0 Å². The van der Waals surface area contributed by atoms with E-state index in [1.165, 1.54) is 22.7 Å². The van der Waals surface area contributed by atoms with Gasteiger partial charge in [-0.05, 0) is 57.9 Å². The molecule has 120 valence electrons. The van der Waals surface area contributed by atoms with Gasteiger partial charge in [-0.25, -0.2) is 8.42 Å². The number of aromatic nitrogens is 1. The number of piperidine rings is 1. The molecular formula is C16H22N2O2S2. The van der Waals surface area contributed by atoms with Crippen LogP contribution < -0.4 is 0 Å². The van der Waals surface area contributed by atoms with Gasteiger partial charge < -0.3 is 4.57 Å². The Bertz CT molecular complexity index is 746. The third-order valence-corrected chi connectivity index (χ3v) is 7.79. The number of thiophene rings is 1. The molecule has 0 atom stereocenters. The average molecular weight is 338 g/mol. The molecule has 1 fully saturated rings. The Balaban J connectivity index is 1.74. The van der Waals surface area contributed by atoms with E-state index in [0.717, 1.165) is 17.7 Å². The van der Waals surface area contributed by atoms with Gasteiger partial charge in [0.2, 0.25) is 0 Å². The molecule has 6 heteroatoms. The van der Waals surface area contributed by atoms with E-state index in [9.17, 15) is 8.42 Å². The van der Waals surface area contributed by atoms with Gasteiger partial charge in [0.25, 0.3) is 10.0 Å². The maximum atomic E-state index is 12.7. The molecule has 2 aromatic rings. The number of nitrogens with zero attached hydrogens (tertiary/aromatic N) is 2. The van der Waals surface area contributed by atoms with E-state index in [2.05, 4.69) is 30.5 Å². The van der Waals surface area contributed by atoms with E-state index in [0.29, 0.717) is 23.3 Å². The highest BCUT2D eigenvalue weighted by atomic mass is 32.2. The first-order chi connectivity index (χ1) is 10.4. The zero-order chi connectivity index (χ0) is 15.9. The van der Waals surface area contributed by atoms with Gasteiger partial charge in [-0.1, -0.05) is 0 Å². The van der Waals surface area contributed by atoms with Crippen molar-refractivity contribution in [1.29, 1.82) is 0 Å². The zero-order valence-corrected chi connectivity index (χ0v) is 14.9. The molecule has 0 bridgehead atoms. The molecule has 0 aromatic carbocycles. The first-order valence-electron chi connectivity index (χ1n) is 7.60. The van der Waals surface area contributed by atoms with Gasteiger partial charge in [0.05, 0.1) is 0 Å². The summed E-state index contributed by atoms with van der Waals surface area (Å²) < 4.78 is 29.8. The van der Waals surface area contributed by atoms with Crippen LogP contribution in [0.25, 0.3) is 0 Å². The fraction of sp³-hybridized carbons (Fsp3) is 0.500. The van der Waals surface area contributed by atoms with Crippen LogP contribution in [-0.4, -0.2) is 30.4 Å². The van der Waals surface area contributed by atoms with Gasteiger partial charge in [0.1, 0.15) is 4.21 Å². The lowest BCUT2D eigenvalue weighted by Gasteiger charge is -2.33. The Morgan fingerprint density at radius 2 is 1.59 bits per heavy atom. The summed E-state index contributed by atoms with van der Waals surface area (Å²) >= 11 is 1.36.